The zero-order chi connectivity index (χ0) is 17.1. The highest BCUT2D eigenvalue weighted by molar-refractivity contribution is 5.33. The lowest BCUT2D eigenvalue weighted by Crippen LogP contribution is -2.39. The van der Waals surface area contributed by atoms with Gasteiger partial charge in [-0.25, -0.2) is 0 Å². The highest BCUT2D eigenvalue weighted by atomic mass is 15.1. The zero-order valence-electron chi connectivity index (χ0n) is 15.5. The van der Waals surface area contributed by atoms with Crippen LogP contribution in [0.1, 0.15) is 35.1 Å². The average molecular weight is 335 g/mol. The van der Waals surface area contributed by atoms with Gasteiger partial charge < -0.3 is 4.90 Å². The first-order valence-corrected chi connectivity index (χ1v) is 9.82. The molecular weight excluding hydrogens is 304 g/mol. The number of likely N-dealkylation sites (tertiary alicyclic amines) is 1. The molecule has 0 radical (unpaired) electrons. The molecule has 0 aromatic heterocycles. The summed E-state index contributed by atoms with van der Waals surface area (Å²) in [6.45, 7) is 5.91. The number of nitrogens with zero attached hydrogens (tertiary/aromatic N) is 2. The molecule has 1 saturated heterocycles. The minimum Gasteiger partial charge on any atom is -0.306 e. The van der Waals surface area contributed by atoms with E-state index in [0.29, 0.717) is 0 Å². The maximum atomic E-state index is 2.70. The molecule has 2 heterocycles. The van der Waals surface area contributed by atoms with Crippen LogP contribution in [0.2, 0.25) is 0 Å². The van der Waals surface area contributed by atoms with Crippen molar-refractivity contribution in [2.45, 2.75) is 38.8 Å². The van der Waals surface area contributed by atoms with Crippen LogP contribution in [-0.4, -0.2) is 36.5 Å². The molecule has 1 atom stereocenters. The molecule has 2 aliphatic heterocycles. The smallest absolute Gasteiger partial charge is 0.0240 e. The minimum atomic E-state index is 0.804. The lowest BCUT2D eigenvalue weighted by Gasteiger charge is -2.34. The monoisotopic (exact) mass is 334 g/mol. The standard InChI is InChI=1S/C23H30N2/c1-24-14-6-7-19(15-24)16-25-17-22-10-4-2-8-20(22)12-13-21-9-3-5-11-23(21)18-25/h2-5,8-11,19H,6-7,12-18H2,1H3. The van der Waals surface area contributed by atoms with E-state index in [0.717, 1.165) is 31.8 Å². The molecule has 0 spiro atoms. The molecule has 0 amide bonds. The number of rotatable bonds is 2. The normalized spacial score (nSPS) is 22.4. The van der Waals surface area contributed by atoms with Crippen molar-refractivity contribution in [1.82, 2.24) is 9.80 Å². The van der Waals surface area contributed by atoms with Gasteiger partial charge in [0, 0.05) is 26.2 Å². The summed E-state index contributed by atoms with van der Waals surface area (Å²) in [6.07, 6.45) is 5.05. The molecule has 0 bridgehead atoms. The second-order valence-electron chi connectivity index (χ2n) is 7.98. The van der Waals surface area contributed by atoms with E-state index < -0.39 is 0 Å². The van der Waals surface area contributed by atoms with Crippen LogP contribution in [0.5, 0.6) is 0 Å². The molecule has 25 heavy (non-hydrogen) atoms. The van der Waals surface area contributed by atoms with Gasteiger partial charge in [-0.3, -0.25) is 4.90 Å². The van der Waals surface area contributed by atoms with Crippen molar-refractivity contribution in [2.24, 2.45) is 5.92 Å². The number of hydrogen-bond donors (Lipinski definition) is 0. The summed E-state index contributed by atoms with van der Waals surface area (Å²) in [5, 5.41) is 0. The molecule has 0 N–H and O–H groups in total. The fraction of sp³-hybridized carbons (Fsp3) is 0.478. The Bertz CT molecular complexity index is 659. The lowest BCUT2D eigenvalue weighted by molar-refractivity contribution is 0.143. The SMILES string of the molecule is CN1CCCC(CN2Cc3ccccc3CCc3ccccc3C2)C1. The summed E-state index contributed by atoms with van der Waals surface area (Å²) < 4.78 is 0. The molecular formula is C23H30N2. The quantitative estimate of drug-likeness (QED) is 0.815. The Hall–Kier alpha value is -1.64. The first-order chi connectivity index (χ1) is 12.3. The van der Waals surface area contributed by atoms with E-state index >= 15 is 0 Å². The van der Waals surface area contributed by atoms with Crippen molar-refractivity contribution in [3.63, 3.8) is 0 Å². The highest BCUT2D eigenvalue weighted by Gasteiger charge is 2.22. The maximum absolute atomic E-state index is 2.70. The molecule has 2 heteroatoms. The Labute approximate surface area is 152 Å². The first-order valence-electron chi connectivity index (χ1n) is 9.82. The fourth-order valence-electron chi connectivity index (χ4n) is 4.63. The number of fused-ring (bicyclic) bond motifs is 2. The van der Waals surface area contributed by atoms with Crippen LogP contribution < -0.4 is 0 Å². The van der Waals surface area contributed by atoms with Crippen LogP contribution in [0.25, 0.3) is 0 Å². The van der Waals surface area contributed by atoms with Crippen LogP contribution in [0.4, 0.5) is 0 Å². The molecule has 4 rings (SSSR count). The second-order valence-corrected chi connectivity index (χ2v) is 7.98. The second kappa shape index (κ2) is 7.72. The summed E-state index contributed by atoms with van der Waals surface area (Å²) in [5.41, 5.74) is 6.12. The van der Waals surface area contributed by atoms with Crippen molar-refractivity contribution < 1.29 is 0 Å². The van der Waals surface area contributed by atoms with E-state index in [1.807, 2.05) is 0 Å². The first kappa shape index (κ1) is 16.8. The van der Waals surface area contributed by atoms with E-state index in [1.54, 1.807) is 0 Å². The van der Waals surface area contributed by atoms with Crippen LogP contribution in [0, 0.1) is 5.92 Å². The Morgan fingerprint density at radius 2 is 1.40 bits per heavy atom. The van der Waals surface area contributed by atoms with Crippen LogP contribution in [-0.2, 0) is 25.9 Å². The third kappa shape index (κ3) is 4.13. The topological polar surface area (TPSA) is 6.48 Å². The highest BCUT2D eigenvalue weighted by Crippen LogP contribution is 2.24. The average Bonchev–Trinajstić information content (AvgIpc) is 2.69. The van der Waals surface area contributed by atoms with Crippen molar-refractivity contribution in [2.75, 3.05) is 26.7 Å². The Morgan fingerprint density at radius 1 is 0.840 bits per heavy atom. The fourth-order valence-corrected chi connectivity index (χ4v) is 4.63. The van der Waals surface area contributed by atoms with Crippen LogP contribution in [0.15, 0.2) is 48.5 Å². The van der Waals surface area contributed by atoms with Crippen LogP contribution in [0.3, 0.4) is 0 Å². The van der Waals surface area contributed by atoms with Gasteiger partial charge in [0.25, 0.3) is 0 Å². The van der Waals surface area contributed by atoms with Crippen molar-refractivity contribution in [3.8, 4) is 0 Å². The molecule has 0 saturated carbocycles. The van der Waals surface area contributed by atoms with E-state index in [9.17, 15) is 0 Å². The molecule has 2 aliphatic rings. The molecule has 132 valence electrons. The summed E-state index contributed by atoms with van der Waals surface area (Å²) in [4.78, 5) is 5.21. The Morgan fingerprint density at radius 3 is 1.96 bits per heavy atom. The summed E-state index contributed by atoms with van der Waals surface area (Å²) >= 11 is 0. The van der Waals surface area contributed by atoms with Gasteiger partial charge in [0.05, 0.1) is 0 Å². The van der Waals surface area contributed by atoms with E-state index in [2.05, 4.69) is 65.4 Å². The molecule has 2 nitrogen and oxygen atoms in total. The van der Waals surface area contributed by atoms with Crippen LogP contribution >= 0.6 is 0 Å². The summed E-state index contributed by atoms with van der Waals surface area (Å²) in [5.74, 6) is 0.804. The van der Waals surface area contributed by atoms with Crippen molar-refractivity contribution >= 4 is 0 Å². The number of hydrogen-bond acceptors (Lipinski definition) is 2. The predicted molar refractivity (Wildman–Crippen MR) is 105 cm³/mol. The Balaban J connectivity index is 1.60. The van der Waals surface area contributed by atoms with Gasteiger partial charge in [-0.2, -0.15) is 0 Å². The predicted octanol–water partition coefficient (Wildman–Crippen LogP) is 4.13. The Kier molecular flexibility index (Phi) is 5.19. The van der Waals surface area contributed by atoms with Gasteiger partial charge in [0.1, 0.15) is 0 Å². The zero-order valence-corrected chi connectivity index (χ0v) is 15.5. The number of aryl methyl sites for hydroxylation is 2. The summed E-state index contributed by atoms with van der Waals surface area (Å²) in [7, 11) is 2.27. The maximum Gasteiger partial charge on any atom is 0.0240 e. The third-order valence-electron chi connectivity index (χ3n) is 5.93. The number of piperidine rings is 1. The van der Waals surface area contributed by atoms with Gasteiger partial charge in [-0.1, -0.05) is 48.5 Å². The van der Waals surface area contributed by atoms with Gasteiger partial charge in [0.2, 0.25) is 0 Å². The molecule has 2 aromatic carbocycles. The lowest BCUT2D eigenvalue weighted by atomic mass is 9.97. The molecule has 0 aliphatic carbocycles. The van der Waals surface area contributed by atoms with Gasteiger partial charge in [-0.15, -0.1) is 0 Å². The third-order valence-corrected chi connectivity index (χ3v) is 5.93. The number of benzene rings is 2. The van der Waals surface area contributed by atoms with E-state index in [1.165, 1.54) is 54.7 Å². The van der Waals surface area contributed by atoms with Gasteiger partial charge in [-0.05, 0) is 67.4 Å². The summed E-state index contributed by atoms with van der Waals surface area (Å²) in [6, 6.07) is 18.1. The van der Waals surface area contributed by atoms with Gasteiger partial charge >= 0.3 is 0 Å². The molecule has 1 fully saturated rings. The molecule has 1 unspecified atom stereocenters. The van der Waals surface area contributed by atoms with E-state index in [4.69, 9.17) is 0 Å². The molecule has 2 aromatic rings. The van der Waals surface area contributed by atoms with Crippen molar-refractivity contribution in [3.05, 3.63) is 70.8 Å². The van der Waals surface area contributed by atoms with Gasteiger partial charge in [0.15, 0.2) is 0 Å². The van der Waals surface area contributed by atoms with E-state index in [-0.39, 0.29) is 0 Å². The largest absolute Gasteiger partial charge is 0.306 e. The van der Waals surface area contributed by atoms with Crippen molar-refractivity contribution in [1.29, 1.82) is 0 Å². The minimum absolute atomic E-state index is 0.804.